The maximum Gasteiger partial charge on any atom is 0.303 e. The molecular weight excluding hydrogens is 364 g/mol. The number of rotatable bonds is 2. The normalized spacial score (nSPS) is 48.5. The number of hydrogen-bond acceptors (Lipinski definition) is 4. The average Bonchev–Trinajstić information content (AvgIpc) is 3.02. The molecule has 0 radical (unpaired) electrons. The fourth-order valence-electron chi connectivity index (χ4n) is 8.04. The second-order valence-electron chi connectivity index (χ2n) is 10.8. The minimum absolute atomic E-state index is 0.0746. The highest BCUT2D eigenvalue weighted by Crippen LogP contribution is 2.67. The summed E-state index contributed by atoms with van der Waals surface area (Å²) in [7, 11) is 1.90. The molecule has 0 unspecified atom stereocenters. The monoisotopic (exact) mass is 402 g/mol. The summed E-state index contributed by atoms with van der Waals surface area (Å²) in [5.41, 5.74) is -0.245. The zero-order chi connectivity index (χ0) is 20.9. The Hall–Kier alpha value is -1.05. The van der Waals surface area contributed by atoms with Crippen LogP contribution in [0, 0.1) is 46.3 Å². The standard InChI is InChI=1S/C25H38O4/c1-17(26)29-15-5-11-25(27)14-13-23(2)18(16-25)6-7-19-20-8-9-22(28-4)24(20,3)12-10-21(19)23/h18-22,27H,6-10,12-16H2,1-4H3/t18-,19+,20+,21+,22+,23+,24+,25-/m1/s1. The van der Waals surface area contributed by atoms with Gasteiger partial charge in [0.2, 0.25) is 0 Å². The highest BCUT2D eigenvalue weighted by Gasteiger charge is 2.61. The maximum atomic E-state index is 11.1. The number of carbonyl (C=O) groups is 1. The Morgan fingerprint density at radius 1 is 1.03 bits per heavy atom. The molecule has 4 saturated carbocycles. The van der Waals surface area contributed by atoms with Gasteiger partial charge in [-0.2, -0.15) is 0 Å². The summed E-state index contributed by atoms with van der Waals surface area (Å²) < 4.78 is 10.8. The second kappa shape index (κ2) is 7.57. The van der Waals surface area contributed by atoms with Gasteiger partial charge in [0, 0.05) is 14.0 Å². The van der Waals surface area contributed by atoms with Crippen LogP contribution in [0.5, 0.6) is 0 Å². The second-order valence-corrected chi connectivity index (χ2v) is 10.8. The molecule has 1 N–H and O–H groups in total. The van der Waals surface area contributed by atoms with Crippen LogP contribution >= 0.6 is 0 Å². The first-order valence-electron chi connectivity index (χ1n) is 11.6. The van der Waals surface area contributed by atoms with Crippen LogP contribution in [0.2, 0.25) is 0 Å². The summed E-state index contributed by atoms with van der Waals surface area (Å²) in [4.78, 5) is 10.9. The number of methoxy groups -OCH3 is 1. The van der Waals surface area contributed by atoms with Crippen molar-refractivity contribution in [2.24, 2.45) is 34.5 Å². The maximum absolute atomic E-state index is 11.1. The SMILES string of the molecule is CO[C@H]1CC[C@H]2[C@@H]3CC[C@@H]4C[C@@](O)(C#CCOC(C)=O)CC[C@]4(C)[C@H]3CC[C@]12C. The van der Waals surface area contributed by atoms with Gasteiger partial charge in [-0.25, -0.2) is 0 Å². The van der Waals surface area contributed by atoms with Gasteiger partial charge in [0.15, 0.2) is 6.61 Å². The van der Waals surface area contributed by atoms with Gasteiger partial charge in [0.1, 0.15) is 5.60 Å². The lowest BCUT2D eigenvalue weighted by atomic mass is 9.44. The molecule has 4 aliphatic rings. The summed E-state index contributed by atoms with van der Waals surface area (Å²) in [5.74, 6) is 8.52. The minimum Gasteiger partial charge on any atom is -0.453 e. The summed E-state index contributed by atoms with van der Waals surface area (Å²) in [6.07, 6.45) is 10.6. The molecule has 4 rings (SSSR count). The van der Waals surface area contributed by atoms with E-state index >= 15 is 0 Å². The Labute approximate surface area is 176 Å². The van der Waals surface area contributed by atoms with E-state index in [2.05, 4.69) is 25.7 Å². The first kappa shape index (κ1) is 21.2. The zero-order valence-electron chi connectivity index (χ0n) is 18.6. The molecule has 162 valence electrons. The Morgan fingerprint density at radius 3 is 2.52 bits per heavy atom. The molecule has 0 aromatic rings. The van der Waals surface area contributed by atoms with Crippen LogP contribution in [0.4, 0.5) is 0 Å². The number of aliphatic hydroxyl groups is 1. The Kier molecular flexibility index (Phi) is 5.53. The molecule has 29 heavy (non-hydrogen) atoms. The third-order valence-electron chi connectivity index (χ3n) is 9.59. The molecule has 0 aliphatic heterocycles. The largest absolute Gasteiger partial charge is 0.453 e. The molecule has 0 aromatic carbocycles. The van der Waals surface area contributed by atoms with Crippen molar-refractivity contribution in [3.63, 3.8) is 0 Å². The van der Waals surface area contributed by atoms with Crippen LogP contribution < -0.4 is 0 Å². The van der Waals surface area contributed by atoms with Crippen LogP contribution in [0.3, 0.4) is 0 Å². The smallest absolute Gasteiger partial charge is 0.303 e. The van der Waals surface area contributed by atoms with Crippen LogP contribution in [0.1, 0.15) is 78.6 Å². The zero-order valence-corrected chi connectivity index (χ0v) is 18.6. The van der Waals surface area contributed by atoms with Gasteiger partial charge in [-0.1, -0.05) is 25.7 Å². The van der Waals surface area contributed by atoms with Crippen LogP contribution in [-0.2, 0) is 14.3 Å². The van der Waals surface area contributed by atoms with Crippen molar-refractivity contribution in [1.82, 2.24) is 0 Å². The minimum atomic E-state index is -0.922. The molecular formula is C25H38O4. The van der Waals surface area contributed by atoms with Crippen molar-refractivity contribution in [3.8, 4) is 11.8 Å². The summed E-state index contributed by atoms with van der Waals surface area (Å²) in [5, 5.41) is 11.1. The van der Waals surface area contributed by atoms with Crippen LogP contribution in [0.25, 0.3) is 0 Å². The van der Waals surface area contributed by atoms with E-state index in [9.17, 15) is 9.90 Å². The number of fused-ring (bicyclic) bond motifs is 5. The van der Waals surface area contributed by atoms with E-state index in [-0.39, 0.29) is 12.6 Å². The highest BCUT2D eigenvalue weighted by molar-refractivity contribution is 5.66. The molecule has 4 heteroatoms. The van der Waals surface area contributed by atoms with Crippen molar-refractivity contribution in [2.45, 2.75) is 90.3 Å². The third kappa shape index (κ3) is 3.53. The molecule has 0 aromatic heterocycles. The molecule has 0 amide bonds. The average molecular weight is 403 g/mol. The highest BCUT2D eigenvalue weighted by atomic mass is 16.5. The van der Waals surface area contributed by atoms with Crippen LogP contribution in [-0.4, -0.2) is 36.5 Å². The van der Waals surface area contributed by atoms with Crippen molar-refractivity contribution in [3.05, 3.63) is 0 Å². The lowest BCUT2D eigenvalue weighted by molar-refractivity contribution is -0.146. The van der Waals surface area contributed by atoms with Crippen molar-refractivity contribution in [2.75, 3.05) is 13.7 Å². The lowest BCUT2D eigenvalue weighted by Crippen LogP contribution is -2.56. The molecule has 4 aliphatic carbocycles. The number of esters is 1. The molecule has 0 saturated heterocycles. The molecule has 0 heterocycles. The predicted molar refractivity (Wildman–Crippen MR) is 112 cm³/mol. The van der Waals surface area contributed by atoms with Gasteiger partial charge in [-0.3, -0.25) is 4.79 Å². The topological polar surface area (TPSA) is 55.8 Å². The van der Waals surface area contributed by atoms with Gasteiger partial charge in [-0.05, 0) is 92.3 Å². The van der Waals surface area contributed by atoms with E-state index in [1.165, 1.54) is 45.4 Å². The van der Waals surface area contributed by atoms with E-state index in [4.69, 9.17) is 9.47 Å². The molecule has 4 nitrogen and oxygen atoms in total. The Balaban J connectivity index is 1.48. The van der Waals surface area contributed by atoms with E-state index < -0.39 is 5.60 Å². The quantitative estimate of drug-likeness (QED) is 0.551. The fourth-order valence-corrected chi connectivity index (χ4v) is 8.04. The first-order valence-corrected chi connectivity index (χ1v) is 11.6. The lowest BCUT2D eigenvalue weighted by Gasteiger charge is -2.61. The molecule has 0 spiro atoms. The van der Waals surface area contributed by atoms with Gasteiger partial charge >= 0.3 is 5.97 Å². The van der Waals surface area contributed by atoms with Gasteiger partial charge in [0.05, 0.1) is 6.10 Å². The Morgan fingerprint density at radius 2 is 1.79 bits per heavy atom. The molecule has 8 atom stereocenters. The van der Waals surface area contributed by atoms with Crippen molar-refractivity contribution in [1.29, 1.82) is 0 Å². The third-order valence-corrected chi connectivity index (χ3v) is 9.59. The number of hydrogen-bond donors (Lipinski definition) is 1. The van der Waals surface area contributed by atoms with Crippen molar-refractivity contribution < 1.29 is 19.4 Å². The Bertz CT molecular complexity index is 707. The number of ether oxygens (including phenoxy) is 2. The van der Waals surface area contributed by atoms with Gasteiger partial charge < -0.3 is 14.6 Å². The van der Waals surface area contributed by atoms with Gasteiger partial charge in [0.25, 0.3) is 0 Å². The van der Waals surface area contributed by atoms with E-state index in [1.54, 1.807) is 0 Å². The van der Waals surface area contributed by atoms with E-state index in [0.717, 1.165) is 37.0 Å². The van der Waals surface area contributed by atoms with E-state index in [1.807, 2.05) is 7.11 Å². The summed E-state index contributed by atoms with van der Waals surface area (Å²) >= 11 is 0. The van der Waals surface area contributed by atoms with E-state index in [0.29, 0.717) is 22.9 Å². The van der Waals surface area contributed by atoms with Crippen molar-refractivity contribution >= 4 is 5.97 Å². The predicted octanol–water partition coefficient (Wildman–Crippen LogP) is 4.34. The molecule has 4 fully saturated rings. The number of carbonyl (C=O) groups excluding carboxylic acids is 1. The summed E-state index contributed by atoms with van der Waals surface area (Å²) in [6, 6.07) is 0. The first-order chi connectivity index (χ1) is 13.7. The van der Waals surface area contributed by atoms with Gasteiger partial charge in [-0.15, -0.1) is 0 Å². The van der Waals surface area contributed by atoms with Crippen LogP contribution in [0.15, 0.2) is 0 Å². The summed E-state index contributed by atoms with van der Waals surface area (Å²) in [6.45, 7) is 6.45. The molecule has 0 bridgehead atoms. The fraction of sp³-hybridized carbons (Fsp3) is 0.880.